The van der Waals surface area contributed by atoms with Gasteiger partial charge in [-0.3, -0.25) is 0 Å². The number of hydrogen-bond acceptors (Lipinski definition) is 4. The molecule has 0 bridgehead atoms. The number of alkyl carbamates (subject to hydrolysis) is 1. The van der Waals surface area contributed by atoms with Crippen LogP contribution in [0.2, 0.25) is 0 Å². The normalized spacial score (nSPS) is 18.3. The van der Waals surface area contributed by atoms with Gasteiger partial charge in [-0.15, -0.1) is 0 Å². The fourth-order valence-corrected chi connectivity index (χ4v) is 3.47. The summed E-state index contributed by atoms with van der Waals surface area (Å²) in [5.41, 5.74) is -0.343. The van der Waals surface area contributed by atoms with E-state index in [4.69, 9.17) is 9.47 Å². The number of aliphatic hydroxyl groups is 1. The molecule has 1 aliphatic carbocycles. The van der Waals surface area contributed by atoms with Crippen molar-refractivity contribution in [2.24, 2.45) is 0 Å². The van der Waals surface area contributed by atoms with E-state index in [2.05, 4.69) is 5.32 Å². The largest absolute Gasteiger partial charge is 0.497 e. The van der Waals surface area contributed by atoms with Gasteiger partial charge in [0.2, 0.25) is 0 Å². The molecule has 25 heavy (non-hydrogen) atoms. The summed E-state index contributed by atoms with van der Waals surface area (Å²) in [6, 6.07) is 7.71. The van der Waals surface area contributed by atoms with Crippen LogP contribution in [0.15, 0.2) is 24.3 Å². The van der Waals surface area contributed by atoms with Crippen molar-refractivity contribution >= 4 is 6.09 Å². The lowest BCUT2D eigenvalue weighted by Crippen LogP contribution is -2.45. The smallest absolute Gasteiger partial charge is 0.407 e. The maximum atomic E-state index is 12.0. The first-order valence-electron chi connectivity index (χ1n) is 9.07. The SMILES string of the molecule is COc1ccc(C(CNC(=O)OC(C)(C)C)C2(O)CCCCC2)cc1. The van der Waals surface area contributed by atoms with E-state index in [1.165, 1.54) is 0 Å². The first-order chi connectivity index (χ1) is 11.7. The quantitative estimate of drug-likeness (QED) is 0.843. The molecule has 140 valence electrons. The monoisotopic (exact) mass is 349 g/mol. The van der Waals surface area contributed by atoms with E-state index < -0.39 is 17.3 Å². The predicted molar refractivity (Wildman–Crippen MR) is 98.0 cm³/mol. The lowest BCUT2D eigenvalue weighted by molar-refractivity contribution is -0.0222. The summed E-state index contributed by atoms with van der Waals surface area (Å²) < 4.78 is 10.5. The lowest BCUT2D eigenvalue weighted by Gasteiger charge is -2.39. The molecule has 1 amide bonds. The molecule has 1 aromatic rings. The van der Waals surface area contributed by atoms with E-state index in [9.17, 15) is 9.90 Å². The summed E-state index contributed by atoms with van der Waals surface area (Å²) in [6.07, 6.45) is 4.22. The third-order valence-electron chi connectivity index (χ3n) is 4.74. The van der Waals surface area contributed by atoms with Gasteiger partial charge in [0.25, 0.3) is 0 Å². The van der Waals surface area contributed by atoms with Gasteiger partial charge < -0.3 is 19.9 Å². The van der Waals surface area contributed by atoms with Crippen LogP contribution in [0.25, 0.3) is 0 Å². The standard InChI is InChI=1S/C20H31NO4/c1-19(2,3)25-18(22)21-14-17(20(23)12-6-5-7-13-20)15-8-10-16(24-4)11-9-15/h8-11,17,23H,5-7,12-14H2,1-4H3,(H,21,22). The second-order valence-electron chi connectivity index (χ2n) is 7.87. The highest BCUT2D eigenvalue weighted by atomic mass is 16.6. The zero-order valence-corrected chi connectivity index (χ0v) is 15.8. The molecule has 1 unspecified atom stereocenters. The van der Waals surface area contributed by atoms with Gasteiger partial charge in [0, 0.05) is 12.5 Å². The number of carbonyl (C=O) groups excluding carboxylic acids is 1. The van der Waals surface area contributed by atoms with E-state index in [1.54, 1.807) is 7.11 Å². The molecule has 2 N–H and O–H groups in total. The van der Waals surface area contributed by atoms with Gasteiger partial charge >= 0.3 is 6.09 Å². The molecule has 5 nitrogen and oxygen atoms in total. The average molecular weight is 349 g/mol. The van der Waals surface area contributed by atoms with Gasteiger partial charge in [-0.2, -0.15) is 0 Å². The Labute approximate surface area is 150 Å². The van der Waals surface area contributed by atoms with Crippen molar-refractivity contribution in [2.45, 2.75) is 70.0 Å². The number of rotatable bonds is 5. The Morgan fingerprint density at radius 1 is 1.20 bits per heavy atom. The zero-order chi connectivity index (χ0) is 18.5. The van der Waals surface area contributed by atoms with Crippen molar-refractivity contribution in [1.29, 1.82) is 0 Å². The van der Waals surface area contributed by atoms with E-state index >= 15 is 0 Å². The number of carbonyl (C=O) groups is 1. The average Bonchev–Trinajstić information content (AvgIpc) is 2.54. The maximum Gasteiger partial charge on any atom is 0.407 e. The Hall–Kier alpha value is -1.75. The maximum absolute atomic E-state index is 12.0. The van der Waals surface area contributed by atoms with Crippen LogP contribution >= 0.6 is 0 Å². The van der Waals surface area contributed by atoms with Gasteiger partial charge in [0.05, 0.1) is 12.7 Å². The number of hydrogen-bond donors (Lipinski definition) is 2. The van der Waals surface area contributed by atoms with Crippen LogP contribution < -0.4 is 10.1 Å². The lowest BCUT2D eigenvalue weighted by atomic mass is 9.73. The van der Waals surface area contributed by atoms with Crippen LogP contribution in [-0.4, -0.2) is 36.1 Å². The van der Waals surface area contributed by atoms with Gasteiger partial charge in [-0.1, -0.05) is 31.4 Å². The molecule has 1 saturated carbocycles. The van der Waals surface area contributed by atoms with Crippen molar-refractivity contribution in [2.75, 3.05) is 13.7 Å². The van der Waals surface area contributed by atoms with Crippen LogP contribution in [0.4, 0.5) is 4.79 Å². The molecule has 2 rings (SSSR count). The third kappa shape index (κ3) is 5.63. The molecular formula is C20H31NO4. The van der Waals surface area contributed by atoms with Crippen molar-refractivity contribution in [1.82, 2.24) is 5.32 Å². The van der Waals surface area contributed by atoms with E-state index in [1.807, 2.05) is 45.0 Å². The van der Waals surface area contributed by atoms with Crippen molar-refractivity contribution in [3.63, 3.8) is 0 Å². The topological polar surface area (TPSA) is 67.8 Å². The molecular weight excluding hydrogens is 318 g/mol. The summed E-state index contributed by atoms with van der Waals surface area (Å²) in [5, 5.41) is 14.1. The molecule has 0 heterocycles. The number of benzene rings is 1. The number of ether oxygens (including phenoxy) is 2. The summed E-state index contributed by atoms with van der Waals surface area (Å²) >= 11 is 0. The summed E-state index contributed by atoms with van der Waals surface area (Å²) in [4.78, 5) is 12.0. The van der Waals surface area contributed by atoms with Crippen molar-refractivity contribution in [3.05, 3.63) is 29.8 Å². The molecule has 5 heteroatoms. The fourth-order valence-electron chi connectivity index (χ4n) is 3.47. The summed E-state index contributed by atoms with van der Waals surface area (Å²) in [5.74, 6) is 0.601. The van der Waals surface area contributed by atoms with Gasteiger partial charge in [-0.25, -0.2) is 4.79 Å². The van der Waals surface area contributed by atoms with E-state index in [0.717, 1.165) is 43.4 Å². The van der Waals surface area contributed by atoms with Crippen LogP contribution in [0.3, 0.4) is 0 Å². The minimum atomic E-state index is -0.804. The second-order valence-corrected chi connectivity index (χ2v) is 7.87. The Morgan fingerprint density at radius 3 is 2.32 bits per heavy atom. The van der Waals surface area contributed by atoms with Crippen LogP contribution in [0.5, 0.6) is 5.75 Å². The number of amides is 1. The van der Waals surface area contributed by atoms with Crippen LogP contribution in [-0.2, 0) is 4.74 Å². The Balaban J connectivity index is 2.15. The van der Waals surface area contributed by atoms with Gasteiger partial charge in [-0.05, 0) is 51.3 Å². The minimum Gasteiger partial charge on any atom is -0.497 e. The Morgan fingerprint density at radius 2 is 1.80 bits per heavy atom. The predicted octanol–water partition coefficient (Wildman–Crippen LogP) is 4.00. The molecule has 1 aliphatic rings. The van der Waals surface area contributed by atoms with Crippen molar-refractivity contribution in [3.8, 4) is 5.75 Å². The molecule has 1 aromatic carbocycles. The molecule has 0 spiro atoms. The van der Waals surface area contributed by atoms with Gasteiger partial charge in [0.15, 0.2) is 0 Å². The molecule has 1 atom stereocenters. The summed E-state index contributed by atoms with van der Waals surface area (Å²) in [6.45, 7) is 5.85. The van der Waals surface area contributed by atoms with E-state index in [0.29, 0.717) is 6.54 Å². The Bertz CT molecular complexity index is 556. The highest BCUT2D eigenvalue weighted by Crippen LogP contribution is 2.40. The summed E-state index contributed by atoms with van der Waals surface area (Å²) in [7, 11) is 1.63. The number of methoxy groups -OCH3 is 1. The zero-order valence-electron chi connectivity index (χ0n) is 15.8. The molecule has 1 fully saturated rings. The molecule has 0 aromatic heterocycles. The first-order valence-corrected chi connectivity index (χ1v) is 9.07. The van der Waals surface area contributed by atoms with Crippen LogP contribution in [0.1, 0.15) is 64.4 Å². The second kappa shape index (κ2) is 8.09. The third-order valence-corrected chi connectivity index (χ3v) is 4.74. The van der Waals surface area contributed by atoms with E-state index in [-0.39, 0.29) is 5.92 Å². The molecule has 0 aliphatic heterocycles. The fraction of sp³-hybridized carbons (Fsp3) is 0.650. The minimum absolute atomic E-state index is 0.175. The highest BCUT2D eigenvalue weighted by molar-refractivity contribution is 5.67. The van der Waals surface area contributed by atoms with Gasteiger partial charge in [0.1, 0.15) is 11.4 Å². The highest BCUT2D eigenvalue weighted by Gasteiger charge is 2.39. The first kappa shape index (κ1) is 19.6. The van der Waals surface area contributed by atoms with Crippen molar-refractivity contribution < 1.29 is 19.4 Å². The van der Waals surface area contributed by atoms with Crippen LogP contribution in [0, 0.1) is 0 Å². The molecule has 0 saturated heterocycles. The molecule has 0 radical (unpaired) electrons. The Kier molecular flexibility index (Phi) is 6.33. The number of nitrogens with one attached hydrogen (secondary N) is 1.